The van der Waals surface area contributed by atoms with Crippen molar-refractivity contribution in [1.29, 1.82) is 0 Å². The molecule has 3 unspecified atom stereocenters. The SMILES string of the molecule is COc1ccc(OC)c(C2NC(=O)NC(C)=C2C(=O)OC2CCCC2C)c1. The van der Waals surface area contributed by atoms with E-state index in [1.807, 2.05) is 0 Å². The molecular weight excluding hydrogens is 348 g/mol. The smallest absolute Gasteiger partial charge is 0.338 e. The summed E-state index contributed by atoms with van der Waals surface area (Å²) < 4.78 is 16.5. The number of benzene rings is 1. The summed E-state index contributed by atoms with van der Waals surface area (Å²) in [7, 11) is 3.10. The van der Waals surface area contributed by atoms with Gasteiger partial charge in [0.1, 0.15) is 17.6 Å². The van der Waals surface area contributed by atoms with E-state index in [2.05, 4.69) is 17.6 Å². The van der Waals surface area contributed by atoms with Crippen LogP contribution in [0.5, 0.6) is 11.5 Å². The van der Waals surface area contributed by atoms with Crippen LogP contribution in [0.25, 0.3) is 0 Å². The molecule has 0 bridgehead atoms. The van der Waals surface area contributed by atoms with Gasteiger partial charge in [0.05, 0.1) is 25.8 Å². The Morgan fingerprint density at radius 1 is 1.19 bits per heavy atom. The van der Waals surface area contributed by atoms with Gasteiger partial charge in [0.2, 0.25) is 0 Å². The number of carbonyl (C=O) groups excluding carboxylic acids is 2. The molecule has 0 aromatic heterocycles. The van der Waals surface area contributed by atoms with Crippen molar-refractivity contribution in [2.24, 2.45) is 5.92 Å². The van der Waals surface area contributed by atoms with Crippen LogP contribution in [0.3, 0.4) is 0 Å². The molecule has 2 aliphatic rings. The van der Waals surface area contributed by atoms with Crippen molar-refractivity contribution in [1.82, 2.24) is 10.6 Å². The van der Waals surface area contributed by atoms with Gasteiger partial charge in [0, 0.05) is 11.3 Å². The zero-order chi connectivity index (χ0) is 19.6. The molecule has 3 rings (SSSR count). The number of carbonyl (C=O) groups is 2. The summed E-state index contributed by atoms with van der Waals surface area (Å²) >= 11 is 0. The van der Waals surface area contributed by atoms with E-state index in [1.54, 1.807) is 39.3 Å². The minimum atomic E-state index is -0.687. The molecule has 27 heavy (non-hydrogen) atoms. The highest BCUT2D eigenvalue weighted by Gasteiger charge is 2.36. The van der Waals surface area contributed by atoms with Crippen molar-refractivity contribution in [3.05, 3.63) is 35.0 Å². The molecule has 2 amide bonds. The summed E-state index contributed by atoms with van der Waals surface area (Å²) in [6.45, 7) is 3.79. The fraction of sp³-hybridized carbons (Fsp3) is 0.500. The summed E-state index contributed by atoms with van der Waals surface area (Å²) in [5, 5.41) is 5.48. The van der Waals surface area contributed by atoms with Gasteiger partial charge < -0.3 is 24.8 Å². The van der Waals surface area contributed by atoms with E-state index in [0.717, 1.165) is 19.3 Å². The second-order valence-electron chi connectivity index (χ2n) is 7.03. The van der Waals surface area contributed by atoms with Crippen LogP contribution in [-0.2, 0) is 9.53 Å². The standard InChI is InChI=1S/C20H26N2O5/c1-11-6-5-7-15(11)27-19(23)17-12(2)21-20(24)22-18(17)14-10-13(25-3)8-9-16(14)26-4/h8-11,15,18H,5-7H2,1-4H3,(H2,21,22,24). The molecule has 1 aromatic rings. The second kappa shape index (κ2) is 7.90. The Kier molecular flexibility index (Phi) is 5.58. The van der Waals surface area contributed by atoms with Gasteiger partial charge in [-0.3, -0.25) is 0 Å². The van der Waals surface area contributed by atoms with Crippen molar-refractivity contribution >= 4 is 12.0 Å². The number of amides is 2. The van der Waals surface area contributed by atoms with Crippen molar-refractivity contribution in [3.8, 4) is 11.5 Å². The zero-order valence-corrected chi connectivity index (χ0v) is 16.1. The van der Waals surface area contributed by atoms with Crippen LogP contribution in [0.1, 0.15) is 44.7 Å². The van der Waals surface area contributed by atoms with Gasteiger partial charge in [-0.25, -0.2) is 9.59 Å². The molecule has 1 aliphatic heterocycles. The lowest BCUT2D eigenvalue weighted by atomic mass is 9.94. The number of esters is 1. The first-order valence-corrected chi connectivity index (χ1v) is 9.15. The van der Waals surface area contributed by atoms with E-state index in [9.17, 15) is 9.59 Å². The average Bonchev–Trinajstić information content (AvgIpc) is 3.04. The highest BCUT2D eigenvalue weighted by Crippen LogP contribution is 2.37. The first-order valence-electron chi connectivity index (χ1n) is 9.15. The van der Waals surface area contributed by atoms with Gasteiger partial charge in [-0.1, -0.05) is 6.92 Å². The normalized spacial score (nSPS) is 24.9. The molecule has 1 fully saturated rings. The molecule has 2 N–H and O–H groups in total. The fourth-order valence-electron chi connectivity index (χ4n) is 3.75. The lowest BCUT2D eigenvalue weighted by Gasteiger charge is -2.30. The van der Waals surface area contributed by atoms with Crippen molar-refractivity contribution < 1.29 is 23.8 Å². The van der Waals surface area contributed by atoms with E-state index in [-0.39, 0.29) is 12.1 Å². The highest BCUT2D eigenvalue weighted by atomic mass is 16.5. The molecule has 1 aromatic carbocycles. The monoisotopic (exact) mass is 374 g/mol. The van der Waals surface area contributed by atoms with Crippen molar-refractivity contribution in [3.63, 3.8) is 0 Å². The summed E-state index contributed by atoms with van der Waals surface area (Å²) in [6.07, 6.45) is 2.88. The Labute approximate surface area is 159 Å². The third kappa shape index (κ3) is 3.86. The lowest BCUT2D eigenvalue weighted by molar-refractivity contribution is -0.146. The van der Waals surface area contributed by atoms with Gasteiger partial charge >= 0.3 is 12.0 Å². The van der Waals surface area contributed by atoms with Gasteiger partial charge in [0.25, 0.3) is 0 Å². The maximum Gasteiger partial charge on any atom is 0.338 e. The molecule has 146 valence electrons. The summed E-state index contributed by atoms with van der Waals surface area (Å²) in [5.74, 6) is 1.07. The summed E-state index contributed by atoms with van der Waals surface area (Å²) in [6, 6.07) is 4.20. The number of methoxy groups -OCH3 is 2. The van der Waals surface area contributed by atoms with Crippen LogP contribution in [0.4, 0.5) is 4.79 Å². The van der Waals surface area contributed by atoms with Crippen LogP contribution in [0.2, 0.25) is 0 Å². The average molecular weight is 374 g/mol. The highest BCUT2D eigenvalue weighted by molar-refractivity contribution is 5.95. The Bertz CT molecular complexity index is 774. The largest absolute Gasteiger partial charge is 0.497 e. The van der Waals surface area contributed by atoms with Crippen LogP contribution in [0, 0.1) is 5.92 Å². The molecule has 0 radical (unpaired) electrons. The Hall–Kier alpha value is -2.70. The molecule has 1 saturated carbocycles. The quantitative estimate of drug-likeness (QED) is 0.774. The predicted octanol–water partition coefficient (Wildman–Crippen LogP) is 3.06. The molecular formula is C20H26N2O5. The minimum absolute atomic E-state index is 0.0942. The first kappa shape index (κ1) is 19.1. The van der Waals surface area contributed by atoms with Crippen molar-refractivity contribution in [2.75, 3.05) is 14.2 Å². The maximum absolute atomic E-state index is 13.0. The van der Waals surface area contributed by atoms with E-state index in [0.29, 0.717) is 34.3 Å². The van der Waals surface area contributed by atoms with Crippen LogP contribution < -0.4 is 20.1 Å². The molecule has 7 heteroatoms. The number of allylic oxidation sites excluding steroid dienone is 1. The summed E-state index contributed by atoms with van der Waals surface area (Å²) in [4.78, 5) is 25.1. The Morgan fingerprint density at radius 2 is 1.96 bits per heavy atom. The topological polar surface area (TPSA) is 85.9 Å². The van der Waals surface area contributed by atoms with Gasteiger partial charge in [-0.2, -0.15) is 0 Å². The van der Waals surface area contributed by atoms with Gasteiger partial charge in [0.15, 0.2) is 0 Å². The third-order valence-corrected chi connectivity index (χ3v) is 5.28. The number of urea groups is 1. The van der Waals surface area contributed by atoms with Gasteiger partial charge in [-0.15, -0.1) is 0 Å². The fourth-order valence-corrected chi connectivity index (χ4v) is 3.75. The van der Waals surface area contributed by atoms with E-state index in [1.165, 1.54) is 0 Å². The Morgan fingerprint density at radius 3 is 2.59 bits per heavy atom. The van der Waals surface area contributed by atoms with E-state index < -0.39 is 12.0 Å². The third-order valence-electron chi connectivity index (χ3n) is 5.28. The van der Waals surface area contributed by atoms with Crippen molar-refractivity contribution in [2.45, 2.75) is 45.3 Å². The predicted molar refractivity (Wildman–Crippen MR) is 99.5 cm³/mol. The number of nitrogens with one attached hydrogen (secondary N) is 2. The Balaban J connectivity index is 1.98. The number of ether oxygens (including phenoxy) is 3. The molecule has 1 aliphatic carbocycles. The van der Waals surface area contributed by atoms with Gasteiger partial charge in [-0.05, 0) is 50.3 Å². The lowest BCUT2D eigenvalue weighted by Crippen LogP contribution is -2.45. The second-order valence-corrected chi connectivity index (χ2v) is 7.03. The van der Waals surface area contributed by atoms with Crippen LogP contribution in [-0.4, -0.2) is 32.3 Å². The van der Waals surface area contributed by atoms with E-state index in [4.69, 9.17) is 14.2 Å². The summed E-state index contributed by atoms with van der Waals surface area (Å²) in [5.41, 5.74) is 1.49. The van der Waals surface area contributed by atoms with Crippen LogP contribution >= 0.6 is 0 Å². The van der Waals surface area contributed by atoms with Crippen LogP contribution in [0.15, 0.2) is 29.5 Å². The molecule has 0 spiro atoms. The number of hydrogen-bond donors (Lipinski definition) is 2. The molecule has 0 saturated heterocycles. The molecule has 1 heterocycles. The van der Waals surface area contributed by atoms with E-state index >= 15 is 0 Å². The zero-order valence-electron chi connectivity index (χ0n) is 16.1. The first-order chi connectivity index (χ1) is 12.9. The maximum atomic E-state index is 13.0. The minimum Gasteiger partial charge on any atom is -0.497 e. The molecule has 7 nitrogen and oxygen atoms in total. The molecule has 3 atom stereocenters. The number of hydrogen-bond acceptors (Lipinski definition) is 5. The number of rotatable bonds is 5.